The first-order valence-electron chi connectivity index (χ1n) is 10.9. The third-order valence-electron chi connectivity index (χ3n) is 5.53. The lowest BCUT2D eigenvalue weighted by molar-refractivity contribution is 0.201. The third-order valence-corrected chi connectivity index (χ3v) is 5.53. The fourth-order valence-electron chi connectivity index (χ4n) is 3.84. The van der Waals surface area contributed by atoms with E-state index in [9.17, 15) is 0 Å². The zero-order valence-corrected chi connectivity index (χ0v) is 20.7. The van der Waals surface area contributed by atoms with Gasteiger partial charge in [0, 0.05) is 44.8 Å². The largest absolute Gasteiger partial charge is 0.474 e. The van der Waals surface area contributed by atoms with Crippen LogP contribution in [0.4, 0.5) is 0 Å². The highest BCUT2D eigenvalue weighted by atomic mass is 127. The molecule has 0 spiro atoms. The third kappa shape index (κ3) is 6.94. The molecule has 0 saturated heterocycles. The van der Waals surface area contributed by atoms with Gasteiger partial charge in [-0.25, -0.2) is 4.98 Å². The Kier molecular flexibility index (Phi) is 9.33. The maximum absolute atomic E-state index is 6.02. The zero-order valence-electron chi connectivity index (χ0n) is 18.4. The molecule has 2 aromatic heterocycles. The summed E-state index contributed by atoms with van der Waals surface area (Å²) >= 11 is 0. The van der Waals surface area contributed by atoms with Gasteiger partial charge >= 0.3 is 0 Å². The second-order valence-corrected chi connectivity index (χ2v) is 7.78. The lowest BCUT2D eigenvalue weighted by atomic mass is 10.1. The van der Waals surface area contributed by atoms with Crippen molar-refractivity contribution in [3.8, 4) is 5.88 Å². The number of hydrogen-bond donors (Lipinski definition) is 2. The van der Waals surface area contributed by atoms with Gasteiger partial charge in [-0.1, -0.05) is 24.3 Å². The molecule has 4 rings (SSSR count). The van der Waals surface area contributed by atoms with Crippen molar-refractivity contribution in [2.75, 3.05) is 7.05 Å². The number of aliphatic imine (C=N–C) groups is 1. The Balaban J connectivity index is 0.00000289. The number of aromatic nitrogens is 3. The number of nitrogens with zero attached hydrogens (tertiary/aromatic N) is 4. The second-order valence-electron chi connectivity index (χ2n) is 7.78. The molecule has 7 nitrogen and oxygen atoms in total. The summed E-state index contributed by atoms with van der Waals surface area (Å²) in [6.07, 6.45) is 10.7. The first-order chi connectivity index (χ1) is 15.3. The summed E-state index contributed by atoms with van der Waals surface area (Å²) < 4.78 is 7.95. The number of hydrogen-bond acceptors (Lipinski definition) is 4. The molecule has 0 radical (unpaired) electrons. The molecule has 170 valence electrons. The topological polar surface area (TPSA) is 76.4 Å². The number of rotatable bonds is 8. The molecule has 1 aliphatic carbocycles. The molecular formula is C24H31IN6O. The predicted molar refractivity (Wildman–Crippen MR) is 137 cm³/mol. The van der Waals surface area contributed by atoms with E-state index in [0.29, 0.717) is 25.1 Å². The van der Waals surface area contributed by atoms with E-state index in [2.05, 4.69) is 50.0 Å². The molecule has 2 heterocycles. The summed E-state index contributed by atoms with van der Waals surface area (Å²) in [5, 5.41) is 11.1. The Labute approximate surface area is 206 Å². The van der Waals surface area contributed by atoms with Gasteiger partial charge in [-0.15, -0.1) is 24.0 Å². The molecule has 0 amide bonds. The Morgan fingerprint density at radius 2 is 1.84 bits per heavy atom. The lowest BCUT2D eigenvalue weighted by Gasteiger charge is -2.15. The van der Waals surface area contributed by atoms with Crippen molar-refractivity contribution in [1.29, 1.82) is 0 Å². The van der Waals surface area contributed by atoms with Crippen LogP contribution in [0.5, 0.6) is 5.88 Å². The smallest absolute Gasteiger partial charge is 0.213 e. The monoisotopic (exact) mass is 546 g/mol. The van der Waals surface area contributed by atoms with E-state index in [1.165, 1.54) is 24.0 Å². The van der Waals surface area contributed by atoms with Crippen LogP contribution in [0.25, 0.3) is 0 Å². The van der Waals surface area contributed by atoms with Gasteiger partial charge in [0.05, 0.1) is 6.54 Å². The van der Waals surface area contributed by atoms with E-state index in [1.807, 2.05) is 35.3 Å². The molecule has 3 aromatic rings. The van der Waals surface area contributed by atoms with Crippen LogP contribution in [0.2, 0.25) is 0 Å². The summed E-state index contributed by atoms with van der Waals surface area (Å²) in [7, 11) is 1.78. The van der Waals surface area contributed by atoms with Crippen LogP contribution in [0.3, 0.4) is 0 Å². The standard InChI is InChI=1S/C24H30N6O.HI/c1-25-24(27-16-19-11-13-26-23(15-19)31-22-9-4-5-10-22)28-17-20-7-2-3-8-21(20)18-30-14-6-12-29-30;/h2-3,6-8,11-15,22H,4-5,9-10,16-18H2,1H3,(H2,25,27,28);1H. The SMILES string of the molecule is CN=C(NCc1ccnc(OC2CCCC2)c1)NCc1ccccc1Cn1cccn1.I. The van der Waals surface area contributed by atoms with E-state index in [-0.39, 0.29) is 24.0 Å². The van der Waals surface area contributed by atoms with E-state index in [4.69, 9.17) is 4.74 Å². The van der Waals surface area contributed by atoms with Crippen molar-refractivity contribution in [1.82, 2.24) is 25.4 Å². The fourth-order valence-corrected chi connectivity index (χ4v) is 3.84. The number of pyridine rings is 1. The highest BCUT2D eigenvalue weighted by Crippen LogP contribution is 2.23. The molecule has 8 heteroatoms. The van der Waals surface area contributed by atoms with Gasteiger partial charge in [0.2, 0.25) is 5.88 Å². The van der Waals surface area contributed by atoms with Gasteiger partial charge in [0.15, 0.2) is 5.96 Å². The van der Waals surface area contributed by atoms with Crippen LogP contribution in [0.15, 0.2) is 66.0 Å². The zero-order chi connectivity index (χ0) is 21.3. The fraction of sp³-hybridized carbons (Fsp3) is 0.375. The van der Waals surface area contributed by atoms with E-state index in [1.54, 1.807) is 13.2 Å². The Bertz CT molecular complexity index is 986. The lowest BCUT2D eigenvalue weighted by Crippen LogP contribution is -2.36. The van der Waals surface area contributed by atoms with Gasteiger partial charge in [0.25, 0.3) is 0 Å². The van der Waals surface area contributed by atoms with Crippen LogP contribution in [0, 0.1) is 0 Å². The predicted octanol–water partition coefficient (Wildman–Crippen LogP) is 4.13. The number of nitrogens with one attached hydrogen (secondary N) is 2. The van der Waals surface area contributed by atoms with E-state index < -0.39 is 0 Å². The molecular weight excluding hydrogens is 515 g/mol. The quantitative estimate of drug-likeness (QED) is 0.253. The average Bonchev–Trinajstić information content (AvgIpc) is 3.50. The van der Waals surface area contributed by atoms with Crippen molar-refractivity contribution in [3.63, 3.8) is 0 Å². The van der Waals surface area contributed by atoms with Crippen molar-refractivity contribution >= 4 is 29.9 Å². The minimum atomic E-state index is 0. The Morgan fingerprint density at radius 3 is 2.59 bits per heavy atom. The van der Waals surface area contributed by atoms with Gasteiger partial charge in [0.1, 0.15) is 6.10 Å². The number of benzene rings is 1. The van der Waals surface area contributed by atoms with Gasteiger partial charge in [-0.05, 0) is 54.5 Å². The summed E-state index contributed by atoms with van der Waals surface area (Å²) in [4.78, 5) is 8.72. The van der Waals surface area contributed by atoms with E-state index in [0.717, 1.165) is 30.9 Å². The molecule has 1 fully saturated rings. The minimum Gasteiger partial charge on any atom is -0.474 e. The molecule has 1 aliphatic rings. The summed E-state index contributed by atoms with van der Waals surface area (Å²) in [6.45, 7) is 2.08. The van der Waals surface area contributed by atoms with Crippen molar-refractivity contribution in [2.45, 2.75) is 51.4 Å². The van der Waals surface area contributed by atoms with Crippen LogP contribution in [-0.2, 0) is 19.6 Å². The molecule has 2 N–H and O–H groups in total. The van der Waals surface area contributed by atoms with Gasteiger partial charge < -0.3 is 15.4 Å². The van der Waals surface area contributed by atoms with Gasteiger partial charge in [-0.3, -0.25) is 9.67 Å². The van der Waals surface area contributed by atoms with Crippen LogP contribution < -0.4 is 15.4 Å². The summed E-state index contributed by atoms with van der Waals surface area (Å²) in [5.41, 5.74) is 3.57. The first-order valence-corrected chi connectivity index (χ1v) is 10.9. The number of ether oxygens (including phenoxy) is 1. The van der Waals surface area contributed by atoms with Gasteiger partial charge in [-0.2, -0.15) is 5.10 Å². The Hall–Kier alpha value is -2.62. The summed E-state index contributed by atoms with van der Waals surface area (Å²) in [6, 6.07) is 14.3. The molecule has 1 aromatic carbocycles. The molecule has 32 heavy (non-hydrogen) atoms. The highest BCUT2D eigenvalue weighted by molar-refractivity contribution is 14.0. The summed E-state index contributed by atoms with van der Waals surface area (Å²) in [5.74, 6) is 1.46. The number of guanidine groups is 1. The molecule has 0 bridgehead atoms. The first kappa shape index (κ1) is 24.0. The Morgan fingerprint density at radius 1 is 1.06 bits per heavy atom. The second kappa shape index (κ2) is 12.4. The van der Waals surface area contributed by atoms with Crippen LogP contribution in [-0.4, -0.2) is 33.9 Å². The maximum Gasteiger partial charge on any atom is 0.213 e. The number of halogens is 1. The van der Waals surface area contributed by atoms with Crippen molar-refractivity contribution in [2.24, 2.45) is 4.99 Å². The van der Waals surface area contributed by atoms with Crippen molar-refractivity contribution in [3.05, 3.63) is 77.7 Å². The maximum atomic E-state index is 6.02. The van der Waals surface area contributed by atoms with E-state index >= 15 is 0 Å². The minimum absolute atomic E-state index is 0. The molecule has 0 atom stereocenters. The molecule has 0 unspecified atom stereocenters. The normalized spacial score (nSPS) is 14.1. The molecule has 1 saturated carbocycles. The molecule has 0 aliphatic heterocycles. The van der Waals surface area contributed by atoms with Crippen molar-refractivity contribution < 1.29 is 4.74 Å². The highest BCUT2D eigenvalue weighted by Gasteiger charge is 2.17. The average molecular weight is 546 g/mol. The van der Waals surface area contributed by atoms with Crippen LogP contribution >= 0.6 is 24.0 Å². The van der Waals surface area contributed by atoms with Crippen LogP contribution in [0.1, 0.15) is 42.4 Å².